The van der Waals surface area contributed by atoms with Gasteiger partial charge in [0.05, 0.1) is 22.2 Å². The highest BCUT2D eigenvalue weighted by Gasteiger charge is 2.39. The van der Waals surface area contributed by atoms with Crippen molar-refractivity contribution in [3.8, 4) is 5.75 Å². The number of carbonyl (C=O) groups is 1. The maximum atomic E-state index is 13.8. The Morgan fingerprint density at radius 1 is 0.805 bits per heavy atom. The summed E-state index contributed by atoms with van der Waals surface area (Å²) in [6.07, 6.45) is 8.16. The van der Waals surface area contributed by atoms with Crippen LogP contribution >= 0.6 is 0 Å². The molecule has 7 heteroatoms. The monoisotopic (exact) mass is 544 g/mol. The van der Waals surface area contributed by atoms with Crippen molar-refractivity contribution in [2.24, 2.45) is 10.7 Å². The first kappa shape index (κ1) is 24.4. The van der Waals surface area contributed by atoms with Crippen LogP contribution < -0.4 is 26.9 Å². The number of hydrogen-bond donors (Lipinski definition) is 5. The fourth-order valence-corrected chi connectivity index (χ4v) is 7.52. The number of fused-ring (bicyclic) bond motifs is 1. The number of Topliss-reactive ketones (excluding diaryl/α,β-unsaturated/α-hetero) is 1. The summed E-state index contributed by atoms with van der Waals surface area (Å²) in [6.45, 7) is 0. The minimum Gasteiger partial charge on any atom is -0.507 e. The van der Waals surface area contributed by atoms with Crippen LogP contribution in [0.3, 0.4) is 0 Å². The van der Waals surface area contributed by atoms with E-state index in [2.05, 4.69) is 16.7 Å². The summed E-state index contributed by atoms with van der Waals surface area (Å²) < 4.78 is 0. The molecular weight excluding hydrogens is 512 g/mol. The summed E-state index contributed by atoms with van der Waals surface area (Å²) in [5.74, 6) is -0.142. The number of benzene rings is 4. The predicted octanol–water partition coefficient (Wildman–Crippen LogP) is 5.36. The van der Waals surface area contributed by atoms with Crippen molar-refractivity contribution in [3.05, 3.63) is 82.6 Å². The lowest BCUT2D eigenvalue weighted by atomic mass is 9.79. The second kappa shape index (κ2) is 8.57. The molecule has 41 heavy (non-hydrogen) atoms. The van der Waals surface area contributed by atoms with Gasteiger partial charge in [-0.2, -0.15) is 0 Å². The Morgan fingerprint density at radius 3 is 2.32 bits per heavy atom. The lowest BCUT2D eigenvalue weighted by Gasteiger charge is -2.31. The van der Waals surface area contributed by atoms with Gasteiger partial charge < -0.3 is 26.6 Å². The third kappa shape index (κ3) is 3.55. The molecular formula is C34H32N4O3. The van der Waals surface area contributed by atoms with E-state index >= 15 is 0 Å². The van der Waals surface area contributed by atoms with Crippen molar-refractivity contribution in [3.63, 3.8) is 0 Å². The van der Waals surface area contributed by atoms with Gasteiger partial charge in [-0.1, -0.05) is 30.3 Å². The van der Waals surface area contributed by atoms with E-state index < -0.39 is 5.66 Å². The van der Waals surface area contributed by atoms with Gasteiger partial charge in [-0.25, -0.2) is 0 Å². The Hall–Kier alpha value is -4.36. The highest BCUT2D eigenvalue weighted by Crippen LogP contribution is 2.44. The molecule has 0 bridgehead atoms. The van der Waals surface area contributed by atoms with Crippen molar-refractivity contribution in [2.45, 2.75) is 62.7 Å². The molecule has 8 rings (SSSR count). The summed E-state index contributed by atoms with van der Waals surface area (Å²) >= 11 is 0. The zero-order valence-corrected chi connectivity index (χ0v) is 22.8. The number of hydrogen-bond acceptors (Lipinski definition) is 7. The second-order valence-corrected chi connectivity index (χ2v) is 12.1. The minimum absolute atomic E-state index is 0.0277. The summed E-state index contributed by atoms with van der Waals surface area (Å²) in [7, 11) is 0. The van der Waals surface area contributed by atoms with E-state index in [0.29, 0.717) is 27.1 Å². The van der Waals surface area contributed by atoms with Crippen LogP contribution in [-0.4, -0.2) is 27.3 Å². The normalized spacial score (nSPS) is 21.7. The molecule has 6 N–H and O–H groups in total. The lowest BCUT2D eigenvalue weighted by Crippen LogP contribution is -2.44. The SMILES string of the molecule is NC1(Nc2cccc3c(C4=C(O)C(=c5ccc6c7c(cccc57)NC5(CCCC5)N=6)C4=O)ccc(O)c23)CCCC1. The molecule has 0 amide bonds. The molecule has 0 aromatic heterocycles. The fraction of sp³-hybridized carbons (Fsp3) is 0.294. The topological polar surface area (TPSA) is 120 Å². The molecule has 0 unspecified atom stereocenters. The molecule has 0 radical (unpaired) electrons. The van der Waals surface area contributed by atoms with E-state index in [0.717, 1.165) is 78.9 Å². The van der Waals surface area contributed by atoms with Crippen LogP contribution in [0.4, 0.5) is 11.4 Å². The molecule has 2 saturated carbocycles. The number of carbonyl (C=O) groups excluding carboxylic acids is 1. The molecule has 1 aliphatic heterocycles. The van der Waals surface area contributed by atoms with Gasteiger partial charge in [0.2, 0.25) is 5.78 Å². The number of anilines is 2. The molecule has 4 aromatic carbocycles. The number of ketones is 1. The van der Waals surface area contributed by atoms with E-state index in [1.54, 1.807) is 12.1 Å². The van der Waals surface area contributed by atoms with Gasteiger partial charge in [-0.3, -0.25) is 9.79 Å². The first-order valence-electron chi connectivity index (χ1n) is 14.6. The molecule has 206 valence electrons. The number of phenolic OH excluding ortho intramolecular Hbond substituents is 1. The van der Waals surface area contributed by atoms with E-state index in [9.17, 15) is 15.0 Å². The summed E-state index contributed by atoms with van der Waals surface area (Å²) in [5.41, 5.74) is 8.74. The number of aromatic hydroxyl groups is 1. The third-order valence-electron chi connectivity index (χ3n) is 9.52. The quantitative estimate of drug-likeness (QED) is 0.222. The zero-order valence-electron chi connectivity index (χ0n) is 22.8. The van der Waals surface area contributed by atoms with Gasteiger partial charge in [-0.15, -0.1) is 0 Å². The Morgan fingerprint density at radius 2 is 1.54 bits per heavy atom. The van der Waals surface area contributed by atoms with Crippen molar-refractivity contribution in [2.75, 3.05) is 10.6 Å². The molecule has 1 spiro atoms. The number of aliphatic hydroxyl groups is 1. The predicted molar refractivity (Wildman–Crippen MR) is 162 cm³/mol. The Labute approximate surface area is 237 Å². The summed E-state index contributed by atoms with van der Waals surface area (Å²) in [5, 5.41) is 34.2. The van der Waals surface area contributed by atoms with E-state index in [4.69, 9.17) is 10.7 Å². The van der Waals surface area contributed by atoms with Gasteiger partial charge in [-0.05, 0) is 103 Å². The number of aliphatic hydroxyl groups excluding tert-OH is 1. The largest absolute Gasteiger partial charge is 0.507 e. The summed E-state index contributed by atoms with van der Waals surface area (Å²) in [4.78, 5) is 18.9. The summed E-state index contributed by atoms with van der Waals surface area (Å²) in [6, 6.07) is 18.9. The lowest BCUT2D eigenvalue weighted by molar-refractivity contribution is -0.109. The first-order valence-corrected chi connectivity index (χ1v) is 14.6. The number of rotatable bonds is 3. The van der Waals surface area contributed by atoms with Crippen LogP contribution in [0.1, 0.15) is 56.9 Å². The average molecular weight is 545 g/mol. The molecule has 4 aliphatic rings. The van der Waals surface area contributed by atoms with Crippen molar-refractivity contribution < 1.29 is 15.0 Å². The molecule has 3 aliphatic carbocycles. The Kier molecular flexibility index (Phi) is 5.11. The maximum absolute atomic E-state index is 13.8. The van der Waals surface area contributed by atoms with Gasteiger partial charge >= 0.3 is 0 Å². The molecule has 0 saturated heterocycles. The Balaban J connectivity index is 1.29. The number of nitrogens with zero attached hydrogens (tertiary/aromatic N) is 1. The van der Waals surface area contributed by atoms with E-state index in [-0.39, 0.29) is 28.5 Å². The molecule has 2 fully saturated rings. The molecule has 1 heterocycles. The smallest absolute Gasteiger partial charge is 0.201 e. The first-order chi connectivity index (χ1) is 19.9. The number of allylic oxidation sites excluding steroid dienone is 2. The van der Waals surface area contributed by atoms with Crippen LogP contribution in [0.15, 0.2) is 71.4 Å². The van der Waals surface area contributed by atoms with Crippen LogP contribution in [0.5, 0.6) is 5.75 Å². The minimum atomic E-state index is -0.529. The van der Waals surface area contributed by atoms with Gasteiger partial charge in [0.1, 0.15) is 17.2 Å². The standard InChI is InChI=1S/C34H32N4O3/c35-33(15-1-2-16-33)36-24-10-6-8-20-22(12-14-26(39)28(20)24)30-31(40)29(32(30)41)21-11-13-25-27-19(21)7-5-9-23(27)37-34(38-25)17-3-4-18-34/h5-14,36-37,39-40H,1-4,15-18,35H2. The third-order valence-corrected chi connectivity index (χ3v) is 9.52. The molecule has 0 atom stereocenters. The van der Waals surface area contributed by atoms with Crippen molar-refractivity contribution in [1.29, 1.82) is 0 Å². The molecule has 4 aromatic rings. The van der Waals surface area contributed by atoms with Gasteiger partial charge in [0, 0.05) is 22.1 Å². The highest BCUT2D eigenvalue weighted by molar-refractivity contribution is 6.53. The van der Waals surface area contributed by atoms with E-state index in [1.165, 1.54) is 0 Å². The van der Waals surface area contributed by atoms with Crippen LogP contribution in [0.25, 0.3) is 32.7 Å². The van der Waals surface area contributed by atoms with Gasteiger partial charge in [0.15, 0.2) is 0 Å². The highest BCUT2D eigenvalue weighted by atomic mass is 16.3. The van der Waals surface area contributed by atoms with Crippen molar-refractivity contribution in [1.82, 2.24) is 0 Å². The fourth-order valence-electron chi connectivity index (χ4n) is 7.52. The number of nitrogens with two attached hydrogens (primary N) is 1. The Bertz CT molecular complexity index is 1960. The molecule has 7 nitrogen and oxygen atoms in total. The second-order valence-electron chi connectivity index (χ2n) is 12.1. The number of nitrogens with one attached hydrogen (secondary N) is 2. The van der Waals surface area contributed by atoms with E-state index in [1.807, 2.05) is 42.5 Å². The zero-order chi connectivity index (χ0) is 27.9. The van der Waals surface area contributed by atoms with Crippen LogP contribution in [-0.2, 0) is 4.79 Å². The van der Waals surface area contributed by atoms with Gasteiger partial charge in [0.25, 0.3) is 0 Å². The maximum Gasteiger partial charge on any atom is 0.201 e. The average Bonchev–Trinajstić information content (AvgIpc) is 3.60. The van der Waals surface area contributed by atoms with Crippen LogP contribution in [0.2, 0.25) is 0 Å². The van der Waals surface area contributed by atoms with Crippen molar-refractivity contribution >= 4 is 49.8 Å². The van der Waals surface area contributed by atoms with Crippen LogP contribution in [0, 0.1) is 0 Å². The number of phenols is 1.